The van der Waals surface area contributed by atoms with Gasteiger partial charge in [0.1, 0.15) is 0 Å². The Hall–Kier alpha value is -0.760. The Kier molecular flexibility index (Phi) is 2.51. The third kappa shape index (κ3) is 2.23. The maximum Gasteiger partial charge on any atom is 0.153 e. The zero-order valence-electron chi connectivity index (χ0n) is 5.82. The molecule has 1 aliphatic heterocycles. The van der Waals surface area contributed by atoms with E-state index in [-0.39, 0.29) is 16.7 Å². The normalized spacial score (nSPS) is 19.1. The molecule has 0 amide bonds. The van der Waals surface area contributed by atoms with Crippen molar-refractivity contribution in [2.75, 3.05) is 0 Å². The van der Waals surface area contributed by atoms with Gasteiger partial charge in [0.05, 0.1) is 0 Å². The van der Waals surface area contributed by atoms with E-state index in [0.717, 1.165) is 0 Å². The second-order valence-corrected chi connectivity index (χ2v) is 3.85. The van der Waals surface area contributed by atoms with Gasteiger partial charge in [-0.2, -0.15) is 10.9 Å². The van der Waals surface area contributed by atoms with E-state index in [1.165, 1.54) is 0 Å². The van der Waals surface area contributed by atoms with Gasteiger partial charge in [0.25, 0.3) is 0 Å². The molecule has 1 aliphatic rings. The Balaban J connectivity index is 2.46. The van der Waals surface area contributed by atoms with Crippen LogP contribution in [0.3, 0.4) is 0 Å². The Morgan fingerprint density at radius 2 is 2.00 bits per heavy atom. The van der Waals surface area contributed by atoms with E-state index in [2.05, 4.69) is 10.8 Å². The highest BCUT2D eigenvalue weighted by molar-refractivity contribution is 8.24. The Morgan fingerprint density at radius 3 is 2.50 bits per heavy atom. The molecule has 1 nitrogen and oxygen atoms in total. The number of thiol groups is 1. The summed E-state index contributed by atoms with van der Waals surface area (Å²) in [6.07, 6.45) is 5.65. The number of allylic oxidation sites excluding steroid dienone is 3. The number of hydrogen-bond donors (Lipinski definition) is 1. The van der Waals surface area contributed by atoms with Crippen molar-refractivity contribution >= 4 is 16.7 Å². The number of hydrogen-bond acceptors (Lipinski definition) is 1. The molecule has 0 N–H and O–H groups in total. The first-order valence-electron chi connectivity index (χ1n) is 3.10. The molecule has 0 saturated heterocycles. The van der Waals surface area contributed by atoms with Gasteiger partial charge in [-0.3, -0.25) is 4.79 Å². The molecule has 1 rings (SSSR count). The van der Waals surface area contributed by atoms with Crippen LogP contribution in [0.15, 0.2) is 34.5 Å². The summed E-state index contributed by atoms with van der Waals surface area (Å²) in [5.74, 6) is 0.121. The SMILES string of the molecule is CC(=O)/C=C/[SH]1C=CC=C1. The highest BCUT2D eigenvalue weighted by Crippen LogP contribution is 2.33. The third-order valence-electron chi connectivity index (χ3n) is 1.11. The van der Waals surface area contributed by atoms with Crippen LogP contribution < -0.4 is 0 Å². The molecular weight excluding hydrogens is 144 g/mol. The molecule has 0 radical (unpaired) electrons. The molecule has 0 atom stereocenters. The predicted molar refractivity (Wildman–Crippen MR) is 47.1 cm³/mol. The van der Waals surface area contributed by atoms with Gasteiger partial charge in [0.2, 0.25) is 0 Å². The number of carbonyl (C=O) groups is 1. The Labute approximate surface area is 63.5 Å². The van der Waals surface area contributed by atoms with Gasteiger partial charge in [-0.1, -0.05) is 12.2 Å². The van der Waals surface area contributed by atoms with Crippen molar-refractivity contribution < 1.29 is 4.79 Å². The number of rotatable bonds is 2. The lowest BCUT2D eigenvalue weighted by Crippen LogP contribution is -1.77. The van der Waals surface area contributed by atoms with E-state index < -0.39 is 0 Å². The molecule has 0 aromatic rings. The van der Waals surface area contributed by atoms with Crippen molar-refractivity contribution in [3.05, 3.63) is 34.5 Å². The van der Waals surface area contributed by atoms with E-state index >= 15 is 0 Å². The maximum atomic E-state index is 10.5. The summed E-state index contributed by atoms with van der Waals surface area (Å²) >= 11 is 0. The van der Waals surface area contributed by atoms with Crippen LogP contribution in [0.2, 0.25) is 0 Å². The van der Waals surface area contributed by atoms with Crippen molar-refractivity contribution in [1.82, 2.24) is 0 Å². The van der Waals surface area contributed by atoms with Crippen molar-refractivity contribution in [1.29, 1.82) is 0 Å². The molecular formula is C8H10OS. The highest BCUT2D eigenvalue weighted by atomic mass is 32.2. The lowest BCUT2D eigenvalue weighted by Gasteiger charge is -1.98. The fourth-order valence-electron chi connectivity index (χ4n) is 0.638. The predicted octanol–water partition coefficient (Wildman–Crippen LogP) is 2.13. The minimum absolute atomic E-state index is 0.121. The lowest BCUT2D eigenvalue weighted by atomic mass is 10.5. The molecule has 0 unspecified atom stereocenters. The molecule has 0 spiro atoms. The average molecular weight is 154 g/mol. The van der Waals surface area contributed by atoms with E-state index in [1.807, 2.05) is 17.6 Å². The molecule has 0 fully saturated rings. The topological polar surface area (TPSA) is 17.1 Å². The molecule has 10 heavy (non-hydrogen) atoms. The van der Waals surface area contributed by atoms with Crippen molar-refractivity contribution in [3.8, 4) is 0 Å². The second-order valence-electron chi connectivity index (χ2n) is 2.06. The van der Waals surface area contributed by atoms with Crippen LogP contribution in [-0.2, 0) is 4.79 Å². The Bertz CT molecular complexity index is 201. The maximum absolute atomic E-state index is 10.5. The van der Waals surface area contributed by atoms with Gasteiger partial charge in [-0.25, -0.2) is 0 Å². The van der Waals surface area contributed by atoms with Crippen LogP contribution in [0.1, 0.15) is 6.92 Å². The van der Waals surface area contributed by atoms with Gasteiger partial charge >= 0.3 is 0 Å². The molecule has 1 heterocycles. The Morgan fingerprint density at radius 1 is 1.40 bits per heavy atom. The quantitative estimate of drug-likeness (QED) is 0.476. The van der Waals surface area contributed by atoms with Crippen LogP contribution in [0, 0.1) is 0 Å². The third-order valence-corrected chi connectivity index (χ3v) is 2.64. The average Bonchev–Trinajstić information content (AvgIpc) is 2.34. The van der Waals surface area contributed by atoms with Crippen LogP contribution in [-0.4, -0.2) is 5.78 Å². The molecule has 0 aliphatic carbocycles. The first-order valence-corrected chi connectivity index (χ1v) is 4.65. The van der Waals surface area contributed by atoms with E-state index in [1.54, 1.807) is 13.0 Å². The summed E-state index contributed by atoms with van der Waals surface area (Å²) in [6.45, 7) is 1.56. The first-order chi connectivity index (χ1) is 4.79. The highest BCUT2D eigenvalue weighted by Gasteiger charge is 1.92. The summed E-state index contributed by atoms with van der Waals surface area (Å²) in [7, 11) is -0.240. The standard InChI is InChI=1S/C8H10OS/c1-8(9)4-7-10-5-2-3-6-10/h2-7,10H,1H3/b7-4+. The molecule has 2 heteroatoms. The summed E-state index contributed by atoms with van der Waals surface area (Å²) < 4.78 is 0. The number of carbonyl (C=O) groups excluding carboxylic acids is 1. The van der Waals surface area contributed by atoms with Crippen molar-refractivity contribution in [2.45, 2.75) is 6.92 Å². The smallest absolute Gasteiger partial charge is 0.153 e. The zero-order chi connectivity index (χ0) is 7.40. The lowest BCUT2D eigenvalue weighted by molar-refractivity contribution is -0.112. The fraction of sp³-hybridized carbons (Fsp3) is 0.125. The van der Waals surface area contributed by atoms with Crippen molar-refractivity contribution in [2.24, 2.45) is 0 Å². The summed E-state index contributed by atoms with van der Waals surface area (Å²) in [4.78, 5) is 10.5. The van der Waals surface area contributed by atoms with Gasteiger partial charge < -0.3 is 0 Å². The fourth-order valence-corrected chi connectivity index (χ4v) is 1.91. The van der Waals surface area contributed by atoms with Crippen LogP contribution >= 0.6 is 10.9 Å². The molecule has 0 aromatic heterocycles. The minimum atomic E-state index is -0.240. The molecule has 0 bridgehead atoms. The monoisotopic (exact) mass is 154 g/mol. The van der Waals surface area contributed by atoms with Gasteiger partial charge in [-0.05, 0) is 29.2 Å². The summed E-state index contributed by atoms with van der Waals surface area (Å²) in [5, 5.41) is 6.17. The largest absolute Gasteiger partial charge is 0.295 e. The first kappa shape index (κ1) is 7.35. The zero-order valence-corrected chi connectivity index (χ0v) is 6.71. The summed E-state index contributed by atoms with van der Waals surface area (Å²) in [5.41, 5.74) is 0. The van der Waals surface area contributed by atoms with E-state index in [9.17, 15) is 4.79 Å². The molecule has 0 saturated carbocycles. The van der Waals surface area contributed by atoms with Gasteiger partial charge in [-0.15, -0.1) is 0 Å². The summed E-state index contributed by atoms with van der Waals surface area (Å²) in [6, 6.07) is 0. The van der Waals surface area contributed by atoms with Crippen LogP contribution in [0.5, 0.6) is 0 Å². The van der Waals surface area contributed by atoms with E-state index in [4.69, 9.17) is 0 Å². The second kappa shape index (κ2) is 3.42. The number of ketones is 1. The minimum Gasteiger partial charge on any atom is -0.295 e. The van der Waals surface area contributed by atoms with Gasteiger partial charge in [0.15, 0.2) is 5.78 Å². The van der Waals surface area contributed by atoms with Gasteiger partial charge in [0, 0.05) is 0 Å². The van der Waals surface area contributed by atoms with E-state index in [0.29, 0.717) is 0 Å². The van der Waals surface area contributed by atoms with Crippen molar-refractivity contribution in [3.63, 3.8) is 0 Å². The molecule has 54 valence electrons. The van der Waals surface area contributed by atoms with Crippen LogP contribution in [0.4, 0.5) is 0 Å². The van der Waals surface area contributed by atoms with Crippen LogP contribution in [0.25, 0.3) is 0 Å². The molecule has 0 aromatic carbocycles.